The van der Waals surface area contributed by atoms with Gasteiger partial charge in [0.15, 0.2) is 0 Å². The van der Waals surface area contributed by atoms with Gasteiger partial charge >= 0.3 is 23.9 Å². The summed E-state index contributed by atoms with van der Waals surface area (Å²) in [5.41, 5.74) is -4.44. The molecule has 0 N–H and O–H groups in total. The van der Waals surface area contributed by atoms with E-state index < -0.39 is 35.6 Å². The number of carbonyl (C=O) groups excluding carboxylic acids is 1. The van der Waals surface area contributed by atoms with Crippen LogP contribution in [0.2, 0.25) is 0 Å². The number of halogens is 6. The predicted molar refractivity (Wildman–Crippen MR) is 65.9 cm³/mol. The molecule has 9 heteroatoms. The Labute approximate surface area is 122 Å². The Morgan fingerprint density at radius 3 is 1.90 bits per heavy atom. The molecule has 124 valence electrons. The third kappa shape index (κ3) is 3.98. The topological polar surface area (TPSA) is 26.3 Å². The second kappa shape index (κ2) is 6.66. The van der Waals surface area contributed by atoms with E-state index in [0.717, 1.165) is 12.7 Å². The van der Waals surface area contributed by atoms with Crippen molar-refractivity contribution in [3.63, 3.8) is 0 Å². The number of esters is 1. The van der Waals surface area contributed by atoms with Crippen molar-refractivity contribution in [2.45, 2.75) is 50.1 Å². The van der Waals surface area contributed by atoms with Crippen LogP contribution in [-0.2, 0) is 9.53 Å². The highest BCUT2D eigenvalue weighted by atomic mass is 32.2. The van der Waals surface area contributed by atoms with Gasteiger partial charge in [-0.25, -0.2) is 0 Å². The minimum absolute atomic E-state index is 0.268. The van der Waals surface area contributed by atoms with Crippen molar-refractivity contribution >= 4 is 17.7 Å². The van der Waals surface area contributed by atoms with E-state index in [2.05, 4.69) is 4.74 Å². The summed E-state index contributed by atoms with van der Waals surface area (Å²) in [6.45, 7) is 0. The third-order valence-corrected chi connectivity index (χ3v) is 4.17. The molecule has 0 atom stereocenters. The summed E-state index contributed by atoms with van der Waals surface area (Å²) >= 11 is 0.334. The molecule has 0 spiro atoms. The molecule has 0 unspecified atom stereocenters. The van der Waals surface area contributed by atoms with Crippen molar-refractivity contribution in [1.82, 2.24) is 0 Å². The molecule has 0 radical (unpaired) electrons. The molecular weight excluding hydrogens is 322 g/mol. The molecule has 0 aromatic carbocycles. The zero-order valence-corrected chi connectivity index (χ0v) is 12.1. The summed E-state index contributed by atoms with van der Waals surface area (Å²) in [5.74, 6) is -3.69. The molecule has 0 saturated heterocycles. The second-order valence-corrected chi connectivity index (χ2v) is 5.88. The molecule has 0 aromatic rings. The molecule has 0 aliphatic heterocycles. The molecule has 1 rings (SSSR count). The second-order valence-electron chi connectivity index (χ2n) is 5.01. The monoisotopic (exact) mass is 338 g/mol. The van der Waals surface area contributed by atoms with Gasteiger partial charge in [0.05, 0.1) is 11.7 Å². The van der Waals surface area contributed by atoms with Gasteiger partial charge in [-0.1, -0.05) is 19.3 Å². The van der Waals surface area contributed by atoms with Crippen LogP contribution in [0.3, 0.4) is 0 Å². The molecule has 1 aliphatic carbocycles. The Morgan fingerprint density at radius 2 is 1.52 bits per heavy atom. The molecule has 1 aliphatic rings. The lowest BCUT2D eigenvalue weighted by atomic mass is 9.89. The third-order valence-electron chi connectivity index (χ3n) is 3.48. The molecule has 0 amide bonds. The molecular formula is C12H16F6O2S. The van der Waals surface area contributed by atoms with Gasteiger partial charge in [0.25, 0.3) is 0 Å². The lowest BCUT2D eigenvalue weighted by Gasteiger charge is -2.37. The first-order chi connectivity index (χ1) is 9.55. The minimum atomic E-state index is -5.71. The van der Waals surface area contributed by atoms with Crippen molar-refractivity contribution in [2.24, 2.45) is 5.92 Å². The van der Waals surface area contributed by atoms with E-state index in [-0.39, 0.29) is 12.8 Å². The van der Waals surface area contributed by atoms with Crippen LogP contribution < -0.4 is 0 Å². The number of carbonyl (C=O) groups is 1. The van der Waals surface area contributed by atoms with Gasteiger partial charge in [0.1, 0.15) is 0 Å². The van der Waals surface area contributed by atoms with Crippen LogP contribution in [0.25, 0.3) is 0 Å². The minimum Gasteiger partial charge on any atom is -0.438 e. The molecule has 1 saturated carbocycles. The van der Waals surface area contributed by atoms with Gasteiger partial charge in [-0.15, -0.1) is 0 Å². The van der Waals surface area contributed by atoms with Crippen LogP contribution in [0.1, 0.15) is 32.1 Å². The Morgan fingerprint density at radius 1 is 1.05 bits per heavy atom. The summed E-state index contributed by atoms with van der Waals surface area (Å²) in [4.78, 5) is 11.8. The van der Waals surface area contributed by atoms with Crippen LogP contribution in [0.5, 0.6) is 0 Å². The first-order valence-electron chi connectivity index (χ1n) is 6.40. The maximum absolute atomic E-state index is 13.0. The van der Waals surface area contributed by atoms with Gasteiger partial charge in [0.2, 0.25) is 0 Å². The molecule has 21 heavy (non-hydrogen) atoms. The summed E-state index contributed by atoms with van der Waals surface area (Å²) in [6, 6.07) is 0. The predicted octanol–water partition coefficient (Wildman–Crippen LogP) is 4.34. The highest BCUT2D eigenvalue weighted by Crippen LogP contribution is 2.48. The zero-order valence-electron chi connectivity index (χ0n) is 11.3. The van der Waals surface area contributed by atoms with E-state index in [9.17, 15) is 31.1 Å². The van der Waals surface area contributed by atoms with Gasteiger partial charge in [-0.2, -0.15) is 38.1 Å². The normalized spacial score (nSPS) is 18.6. The standard InChI is InChI=1S/C12H16F6O2S/c1-21-7-10(11(13,14)15,12(16,17)18)20-9(19)8-5-3-2-4-6-8/h8H,2-7H2,1H3. The van der Waals surface area contributed by atoms with E-state index >= 15 is 0 Å². The first kappa shape index (κ1) is 18.4. The first-order valence-corrected chi connectivity index (χ1v) is 7.80. The number of alkyl halides is 6. The fourth-order valence-corrected chi connectivity index (χ4v) is 3.06. The molecule has 0 bridgehead atoms. The average molecular weight is 338 g/mol. The quantitative estimate of drug-likeness (QED) is 0.564. The van der Waals surface area contributed by atoms with Gasteiger partial charge in [-0.3, -0.25) is 4.79 Å². The average Bonchev–Trinajstić information content (AvgIpc) is 2.36. The van der Waals surface area contributed by atoms with Crippen LogP contribution >= 0.6 is 11.8 Å². The highest BCUT2D eigenvalue weighted by molar-refractivity contribution is 7.98. The van der Waals surface area contributed by atoms with Crippen LogP contribution in [0, 0.1) is 5.92 Å². The van der Waals surface area contributed by atoms with Crippen molar-refractivity contribution < 1.29 is 35.9 Å². The van der Waals surface area contributed by atoms with Crippen molar-refractivity contribution in [3.05, 3.63) is 0 Å². The summed E-state index contributed by atoms with van der Waals surface area (Å²) in [7, 11) is 0. The van der Waals surface area contributed by atoms with E-state index in [1.807, 2.05) is 0 Å². The number of hydrogen-bond acceptors (Lipinski definition) is 3. The summed E-state index contributed by atoms with van der Waals surface area (Å²) in [6.07, 6.45) is -7.76. The van der Waals surface area contributed by atoms with Gasteiger partial charge in [-0.05, 0) is 19.1 Å². The Kier molecular flexibility index (Phi) is 5.85. The fraction of sp³-hybridized carbons (Fsp3) is 0.917. The lowest BCUT2D eigenvalue weighted by Crippen LogP contribution is -2.62. The molecule has 0 aromatic heterocycles. The maximum atomic E-state index is 13.0. The fourth-order valence-electron chi connectivity index (χ4n) is 2.27. The van der Waals surface area contributed by atoms with E-state index in [0.29, 0.717) is 24.6 Å². The van der Waals surface area contributed by atoms with E-state index in [1.165, 1.54) is 0 Å². The summed E-state index contributed by atoms with van der Waals surface area (Å²) < 4.78 is 81.9. The van der Waals surface area contributed by atoms with Crippen LogP contribution in [-0.4, -0.2) is 35.9 Å². The van der Waals surface area contributed by atoms with Crippen molar-refractivity contribution in [3.8, 4) is 0 Å². The van der Waals surface area contributed by atoms with Gasteiger partial charge < -0.3 is 4.74 Å². The zero-order chi connectivity index (χ0) is 16.3. The van der Waals surface area contributed by atoms with Gasteiger partial charge in [0, 0.05) is 0 Å². The lowest BCUT2D eigenvalue weighted by molar-refractivity contribution is -0.361. The smallest absolute Gasteiger partial charge is 0.438 e. The number of thioether (sulfide) groups is 1. The van der Waals surface area contributed by atoms with Crippen LogP contribution in [0.4, 0.5) is 26.3 Å². The summed E-state index contributed by atoms with van der Waals surface area (Å²) in [5, 5.41) is 0. The van der Waals surface area contributed by atoms with E-state index in [4.69, 9.17) is 0 Å². The van der Waals surface area contributed by atoms with Crippen LogP contribution in [0.15, 0.2) is 0 Å². The highest BCUT2D eigenvalue weighted by Gasteiger charge is 2.74. The van der Waals surface area contributed by atoms with Crippen molar-refractivity contribution in [2.75, 3.05) is 12.0 Å². The Bertz CT molecular complexity index is 346. The molecule has 0 heterocycles. The largest absolute Gasteiger partial charge is 0.438 e. The molecule has 2 nitrogen and oxygen atoms in total. The number of ether oxygens (including phenoxy) is 1. The van der Waals surface area contributed by atoms with Crippen molar-refractivity contribution in [1.29, 1.82) is 0 Å². The van der Waals surface area contributed by atoms with E-state index in [1.54, 1.807) is 0 Å². The maximum Gasteiger partial charge on any atom is 0.438 e. The SMILES string of the molecule is CSCC(OC(=O)C1CCCCC1)(C(F)(F)F)C(F)(F)F. The Hall–Kier alpha value is -0.600. The number of hydrogen-bond donors (Lipinski definition) is 0. The Balaban J connectivity index is 3.03. The molecule has 1 fully saturated rings. The number of rotatable bonds is 4.